The molecule has 1 N–H and O–H groups in total. The van der Waals surface area contributed by atoms with E-state index in [2.05, 4.69) is 43.1 Å². The fourth-order valence-corrected chi connectivity index (χ4v) is 1.61. The predicted molar refractivity (Wildman–Crippen MR) is 71.2 cm³/mol. The highest BCUT2D eigenvalue weighted by molar-refractivity contribution is 5.91. The van der Waals surface area contributed by atoms with E-state index in [0.717, 1.165) is 25.9 Å². The van der Waals surface area contributed by atoms with Crippen molar-refractivity contribution in [2.24, 2.45) is 11.8 Å². The Morgan fingerprint density at radius 2 is 1.78 bits per heavy atom. The Labute approximate surface area is 109 Å². The van der Waals surface area contributed by atoms with Gasteiger partial charge >= 0.3 is 0 Å². The minimum absolute atomic E-state index is 0.0231. The Hall–Kier alpha value is -1.39. The SMILES string of the molecule is CC(C)CCN(CCC(C)C)C(=O)c1cn[nH]n1. The Balaban J connectivity index is 2.60. The van der Waals surface area contributed by atoms with Crippen LogP contribution >= 0.6 is 0 Å². The van der Waals surface area contributed by atoms with Crippen molar-refractivity contribution in [2.45, 2.75) is 40.5 Å². The van der Waals surface area contributed by atoms with Gasteiger partial charge in [0.15, 0.2) is 5.69 Å². The normalized spacial score (nSPS) is 11.2. The van der Waals surface area contributed by atoms with E-state index in [9.17, 15) is 4.79 Å². The number of carbonyl (C=O) groups excluding carboxylic acids is 1. The lowest BCUT2D eigenvalue weighted by Crippen LogP contribution is -2.34. The van der Waals surface area contributed by atoms with Crippen molar-refractivity contribution in [1.82, 2.24) is 20.3 Å². The van der Waals surface area contributed by atoms with Crippen molar-refractivity contribution >= 4 is 5.91 Å². The first-order chi connectivity index (χ1) is 8.50. The van der Waals surface area contributed by atoms with Gasteiger partial charge in [-0.2, -0.15) is 15.4 Å². The molecule has 0 spiro atoms. The highest BCUT2D eigenvalue weighted by Crippen LogP contribution is 2.09. The van der Waals surface area contributed by atoms with Gasteiger partial charge < -0.3 is 4.90 Å². The highest BCUT2D eigenvalue weighted by atomic mass is 16.2. The summed E-state index contributed by atoms with van der Waals surface area (Å²) in [5.74, 6) is 1.17. The van der Waals surface area contributed by atoms with Gasteiger partial charge in [-0.05, 0) is 24.7 Å². The second-order valence-electron chi connectivity index (χ2n) is 5.51. The van der Waals surface area contributed by atoms with Crippen molar-refractivity contribution in [2.75, 3.05) is 13.1 Å². The van der Waals surface area contributed by atoms with Gasteiger partial charge in [0.2, 0.25) is 0 Å². The van der Waals surface area contributed by atoms with E-state index < -0.39 is 0 Å². The van der Waals surface area contributed by atoms with Gasteiger partial charge in [-0.15, -0.1) is 0 Å². The summed E-state index contributed by atoms with van der Waals surface area (Å²) in [6.07, 6.45) is 3.52. The molecule has 5 heteroatoms. The van der Waals surface area contributed by atoms with Crippen LogP contribution in [-0.4, -0.2) is 39.3 Å². The molecule has 0 radical (unpaired) electrons. The first kappa shape index (κ1) is 14.7. The van der Waals surface area contributed by atoms with Gasteiger partial charge in [0.05, 0.1) is 6.20 Å². The Morgan fingerprint density at radius 1 is 1.22 bits per heavy atom. The number of carbonyl (C=O) groups is 1. The Bertz CT molecular complexity index is 334. The van der Waals surface area contributed by atoms with E-state index in [-0.39, 0.29) is 5.91 Å². The van der Waals surface area contributed by atoms with Crippen LogP contribution in [0.4, 0.5) is 0 Å². The topological polar surface area (TPSA) is 61.9 Å². The molecule has 0 fully saturated rings. The third-order valence-electron chi connectivity index (χ3n) is 2.87. The number of aromatic nitrogens is 3. The van der Waals surface area contributed by atoms with Gasteiger partial charge in [-0.3, -0.25) is 4.79 Å². The summed E-state index contributed by atoms with van der Waals surface area (Å²) >= 11 is 0. The van der Waals surface area contributed by atoms with Gasteiger partial charge in [0, 0.05) is 13.1 Å². The summed E-state index contributed by atoms with van der Waals surface area (Å²) in [6, 6.07) is 0. The van der Waals surface area contributed by atoms with E-state index in [4.69, 9.17) is 0 Å². The van der Waals surface area contributed by atoms with Crippen molar-refractivity contribution in [3.05, 3.63) is 11.9 Å². The molecule has 1 aromatic heterocycles. The lowest BCUT2D eigenvalue weighted by atomic mass is 10.1. The number of hydrogen-bond donors (Lipinski definition) is 1. The van der Waals surface area contributed by atoms with Crippen molar-refractivity contribution in [3.63, 3.8) is 0 Å². The van der Waals surface area contributed by atoms with Crippen LogP contribution in [0.3, 0.4) is 0 Å². The van der Waals surface area contributed by atoms with Gasteiger partial charge in [0.1, 0.15) is 0 Å². The van der Waals surface area contributed by atoms with Crippen molar-refractivity contribution in [3.8, 4) is 0 Å². The summed E-state index contributed by atoms with van der Waals surface area (Å²) < 4.78 is 0. The van der Waals surface area contributed by atoms with Crippen LogP contribution in [0, 0.1) is 11.8 Å². The third-order valence-corrected chi connectivity index (χ3v) is 2.87. The van der Waals surface area contributed by atoms with Gasteiger partial charge in [0.25, 0.3) is 5.91 Å². The second-order valence-corrected chi connectivity index (χ2v) is 5.51. The monoisotopic (exact) mass is 252 g/mol. The summed E-state index contributed by atoms with van der Waals surface area (Å²) in [5, 5.41) is 10.0. The third kappa shape index (κ3) is 4.85. The molecule has 5 nitrogen and oxygen atoms in total. The molecule has 0 aliphatic carbocycles. The first-order valence-electron chi connectivity index (χ1n) is 6.65. The number of H-pyrrole nitrogens is 1. The fraction of sp³-hybridized carbons (Fsp3) is 0.769. The number of aromatic amines is 1. The zero-order valence-electron chi connectivity index (χ0n) is 11.8. The second kappa shape index (κ2) is 7.13. The molecule has 102 valence electrons. The lowest BCUT2D eigenvalue weighted by molar-refractivity contribution is 0.0735. The van der Waals surface area contributed by atoms with E-state index in [1.165, 1.54) is 6.20 Å². The molecule has 0 saturated heterocycles. The molecular weight excluding hydrogens is 228 g/mol. The molecule has 0 aliphatic rings. The van der Waals surface area contributed by atoms with E-state index in [0.29, 0.717) is 17.5 Å². The largest absolute Gasteiger partial charge is 0.337 e. The van der Waals surface area contributed by atoms with Gasteiger partial charge in [-0.1, -0.05) is 27.7 Å². The van der Waals surface area contributed by atoms with E-state index in [1.54, 1.807) is 0 Å². The molecule has 1 amide bonds. The summed E-state index contributed by atoms with van der Waals surface area (Å²) in [6.45, 7) is 10.2. The Kier molecular flexibility index (Phi) is 5.82. The maximum absolute atomic E-state index is 12.2. The number of nitrogens with zero attached hydrogens (tertiary/aromatic N) is 3. The number of nitrogens with one attached hydrogen (secondary N) is 1. The van der Waals surface area contributed by atoms with Crippen LogP contribution in [0.2, 0.25) is 0 Å². The maximum Gasteiger partial charge on any atom is 0.276 e. The zero-order valence-corrected chi connectivity index (χ0v) is 11.8. The molecule has 0 unspecified atom stereocenters. The Morgan fingerprint density at radius 3 is 2.17 bits per heavy atom. The molecule has 0 atom stereocenters. The minimum Gasteiger partial charge on any atom is -0.337 e. The molecular formula is C13H24N4O. The average Bonchev–Trinajstić information content (AvgIpc) is 2.81. The molecule has 1 aromatic rings. The summed E-state index contributed by atoms with van der Waals surface area (Å²) in [4.78, 5) is 14.1. The van der Waals surface area contributed by atoms with E-state index in [1.807, 2.05) is 4.90 Å². The maximum atomic E-state index is 12.2. The smallest absolute Gasteiger partial charge is 0.276 e. The molecule has 0 saturated carbocycles. The number of hydrogen-bond acceptors (Lipinski definition) is 3. The molecule has 18 heavy (non-hydrogen) atoms. The summed E-state index contributed by atoms with van der Waals surface area (Å²) in [7, 11) is 0. The van der Waals surface area contributed by atoms with Crippen LogP contribution < -0.4 is 0 Å². The molecule has 1 heterocycles. The first-order valence-corrected chi connectivity index (χ1v) is 6.65. The van der Waals surface area contributed by atoms with Crippen LogP contribution in [0.25, 0.3) is 0 Å². The van der Waals surface area contributed by atoms with Crippen LogP contribution in [0.15, 0.2) is 6.20 Å². The lowest BCUT2D eigenvalue weighted by Gasteiger charge is -2.23. The molecule has 0 aliphatic heterocycles. The highest BCUT2D eigenvalue weighted by Gasteiger charge is 2.18. The zero-order chi connectivity index (χ0) is 13.5. The van der Waals surface area contributed by atoms with Crippen LogP contribution in [0.5, 0.6) is 0 Å². The van der Waals surface area contributed by atoms with Crippen LogP contribution in [0.1, 0.15) is 51.0 Å². The number of rotatable bonds is 7. The van der Waals surface area contributed by atoms with E-state index >= 15 is 0 Å². The fourth-order valence-electron chi connectivity index (χ4n) is 1.61. The van der Waals surface area contributed by atoms with Gasteiger partial charge in [-0.25, -0.2) is 0 Å². The van der Waals surface area contributed by atoms with Crippen molar-refractivity contribution < 1.29 is 4.79 Å². The molecule has 1 rings (SSSR count). The quantitative estimate of drug-likeness (QED) is 0.810. The molecule has 0 aromatic carbocycles. The average molecular weight is 252 g/mol. The summed E-state index contributed by atoms with van der Waals surface area (Å²) in [5.41, 5.74) is 0.405. The van der Waals surface area contributed by atoms with Crippen molar-refractivity contribution in [1.29, 1.82) is 0 Å². The minimum atomic E-state index is -0.0231. The van der Waals surface area contributed by atoms with Crippen LogP contribution in [-0.2, 0) is 0 Å². The molecule has 0 bridgehead atoms. The predicted octanol–water partition coefficient (Wildman–Crippen LogP) is 2.34. The standard InChI is InChI=1S/C13H24N4O/c1-10(2)5-7-17(8-6-11(3)4)13(18)12-9-14-16-15-12/h9-11H,5-8H2,1-4H3,(H,14,15,16). The number of amides is 1.